The summed E-state index contributed by atoms with van der Waals surface area (Å²) in [5.74, 6) is -0.0516. The summed E-state index contributed by atoms with van der Waals surface area (Å²) in [6.45, 7) is 3.64. The maximum absolute atomic E-state index is 12.8. The highest BCUT2D eigenvalue weighted by molar-refractivity contribution is 9.10. The second kappa shape index (κ2) is 8.81. The Hall–Kier alpha value is -1.40. The van der Waals surface area contributed by atoms with Crippen LogP contribution in [0.3, 0.4) is 0 Å². The highest BCUT2D eigenvalue weighted by Gasteiger charge is 2.29. The summed E-state index contributed by atoms with van der Waals surface area (Å²) in [6.07, 6.45) is -0.110. The van der Waals surface area contributed by atoms with Crippen molar-refractivity contribution in [3.63, 3.8) is 0 Å². The van der Waals surface area contributed by atoms with Crippen molar-refractivity contribution in [1.29, 1.82) is 0 Å². The van der Waals surface area contributed by atoms with Gasteiger partial charge in [-0.05, 0) is 30.2 Å². The normalized spacial score (nSPS) is 18.4. The minimum atomic E-state index is -0.630. The zero-order chi connectivity index (χ0) is 17.1. The van der Waals surface area contributed by atoms with E-state index in [1.807, 2.05) is 55.5 Å². The maximum Gasteiger partial charge on any atom is 0.244 e. The van der Waals surface area contributed by atoms with Crippen molar-refractivity contribution in [3.8, 4) is 0 Å². The zero-order valence-electron chi connectivity index (χ0n) is 14.0. The molecule has 2 N–H and O–H groups in total. The van der Waals surface area contributed by atoms with E-state index in [9.17, 15) is 4.79 Å². The van der Waals surface area contributed by atoms with Crippen LogP contribution in [-0.4, -0.2) is 30.5 Å². The second-order valence-electron chi connectivity index (χ2n) is 6.08. The van der Waals surface area contributed by atoms with E-state index in [0.717, 1.165) is 21.2 Å². The Bertz CT molecular complexity index is 706. The van der Waals surface area contributed by atoms with E-state index < -0.39 is 6.04 Å². The lowest BCUT2D eigenvalue weighted by Crippen LogP contribution is -2.46. The SMILES string of the molecule is Cc1ccc(C(N)C(=O)N2CCOC(c3ccc(Br)cc3)C2)cc1.Cl. The standard InChI is InChI=1S/C19H21BrN2O2.ClH/c1-13-2-4-15(5-3-13)18(21)19(23)22-10-11-24-17(12-22)14-6-8-16(20)9-7-14;/h2-9,17-18H,10-12,21H2,1H3;1H. The highest BCUT2D eigenvalue weighted by atomic mass is 79.9. The lowest BCUT2D eigenvalue weighted by atomic mass is 10.0. The number of halogens is 2. The molecule has 1 aliphatic rings. The van der Waals surface area contributed by atoms with Gasteiger partial charge in [-0.1, -0.05) is 57.9 Å². The van der Waals surface area contributed by atoms with Crippen LogP contribution >= 0.6 is 28.3 Å². The lowest BCUT2D eigenvalue weighted by molar-refractivity contribution is -0.140. The largest absolute Gasteiger partial charge is 0.370 e. The molecule has 0 spiro atoms. The van der Waals surface area contributed by atoms with E-state index in [0.29, 0.717) is 19.7 Å². The van der Waals surface area contributed by atoms with Gasteiger partial charge in [-0.15, -0.1) is 12.4 Å². The lowest BCUT2D eigenvalue weighted by Gasteiger charge is -2.34. The molecule has 1 aliphatic heterocycles. The molecule has 2 aromatic carbocycles. The number of nitrogens with two attached hydrogens (primary N) is 1. The third kappa shape index (κ3) is 4.82. The van der Waals surface area contributed by atoms with Crippen LogP contribution < -0.4 is 5.73 Å². The number of amides is 1. The van der Waals surface area contributed by atoms with E-state index >= 15 is 0 Å². The van der Waals surface area contributed by atoms with Crippen molar-refractivity contribution >= 4 is 34.2 Å². The Labute approximate surface area is 162 Å². The number of aryl methyl sites for hydroxylation is 1. The van der Waals surface area contributed by atoms with Gasteiger partial charge in [0.25, 0.3) is 0 Å². The van der Waals surface area contributed by atoms with Crippen LogP contribution in [0.25, 0.3) is 0 Å². The maximum atomic E-state index is 12.8. The molecule has 4 nitrogen and oxygen atoms in total. The van der Waals surface area contributed by atoms with Gasteiger partial charge in [-0.2, -0.15) is 0 Å². The van der Waals surface area contributed by atoms with Crippen molar-refractivity contribution in [2.45, 2.75) is 19.1 Å². The number of hydrogen-bond donors (Lipinski definition) is 1. The van der Waals surface area contributed by atoms with Crippen LogP contribution in [0.1, 0.15) is 28.8 Å². The first-order valence-corrected chi connectivity index (χ1v) is 8.82. The Morgan fingerprint density at radius 2 is 1.84 bits per heavy atom. The number of nitrogens with zero attached hydrogens (tertiary/aromatic N) is 1. The van der Waals surface area contributed by atoms with Gasteiger partial charge in [0.05, 0.1) is 13.2 Å². The van der Waals surface area contributed by atoms with Crippen molar-refractivity contribution in [2.75, 3.05) is 19.7 Å². The van der Waals surface area contributed by atoms with Gasteiger partial charge in [0, 0.05) is 11.0 Å². The molecule has 0 saturated carbocycles. The van der Waals surface area contributed by atoms with Crippen molar-refractivity contribution in [3.05, 3.63) is 69.7 Å². The Balaban J connectivity index is 0.00000225. The van der Waals surface area contributed by atoms with Crippen LogP contribution in [0.5, 0.6) is 0 Å². The van der Waals surface area contributed by atoms with Crippen molar-refractivity contribution < 1.29 is 9.53 Å². The predicted molar refractivity (Wildman–Crippen MR) is 105 cm³/mol. The van der Waals surface area contributed by atoms with Crippen LogP contribution in [0.4, 0.5) is 0 Å². The summed E-state index contributed by atoms with van der Waals surface area (Å²) in [5, 5.41) is 0. The Morgan fingerprint density at radius 3 is 2.48 bits per heavy atom. The fraction of sp³-hybridized carbons (Fsp3) is 0.316. The number of hydrogen-bond acceptors (Lipinski definition) is 3. The fourth-order valence-corrected chi connectivity index (χ4v) is 3.11. The predicted octanol–water partition coefficient (Wildman–Crippen LogP) is 3.78. The van der Waals surface area contributed by atoms with E-state index in [-0.39, 0.29) is 24.4 Å². The summed E-state index contributed by atoms with van der Waals surface area (Å²) in [7, 11) is 0. The molecule has 1 saturated heterocycles. The topological polar surface area (TPSA) is 55.6 Å². The van der Waals surface area contributed by atoms with Gasteiger partial charge in [0.2, 0.25) is 5.91 Å². The summed E-state index contributed by atoms with van der Waals surface area (Å²) in [6, 6.07) is 15.2. The third-order valence-corrected chi connectivity index (χ3v) is 4.85. The number of benzene rings is 2. The molecule has 1 amide bonds. The number of rotatable bonds is 3. The highest BCUT2D eigenvalue weighted by Crippen LogP contribution is 2.25. The van der Waals surface area contributed by atoms with Crippen LogP contribution in [0.15, 0.2) is 53.0 Å². The average molecular weight is 426 g/mol. The van der Waals surface area contributed by atoms with Crippen molar-refractivity contribution in [2.24, 2.45) is 5.73 Å². The first kappa shape index (κ1) is 19.9. The molecule has 2 unspecified atom stereocenters. The van der Waals surface area contributed by atoms with Gasteiger partial charge in [-0.3, -0.25) is 4.79 Å². The molecule has 2 atom stereocenters. The molecule has 134 valence electrons. The number of morpholine rings is 1. The van der Waals surface area contributed by atoms with Crippen LogP contribution in [-0.2, 0) is 9.53 Å². The summed E-state index contributed by atoms with van der Waals surface area (Å²) in [5.41, 5.74) is 9.25. The minimum absolute atomic E-state index is 0. The van der Waals surface area contributed by atoms with Crippen molar-refractivity contribution in [1.82, 2.24) is 4.90 Å². The Kier molecular flexibility index (Phi) is 7.02. The smallest absolute Gasteiger partial charge is 0.244 e. The van der Waals surface area contributed by atoms with E-state index in [4.69, 9.17) is 10.5 Å². The van der Waals surface area contributed by atoms with E-state index in [2.05, 4.69) is 15.9 Å². The fourth-order valence-electron chi connectivity index (χ4n) is 2.84. The molecule has 1 fully saturated rings. The monoisotopic (exact) mass is 424 g/mol. The number of carbonyl (C=O) groups is 1. The molecule has 3 rings (SSSR count). The number of carbonyl (C=O) groups excluding carboxylic acids is 1. The quantitative estimate of drug-likeness (QED) is 0.814. The van der Waals surface area contributed by atoms with E-state index in [1.54, 1.807) is 4.90 Å². The first-order valence-electron chi connectivity index (χ1n) is 8.02. The van der Waals surface area contributed by atoms with Gasteiger partial charge >= 0.3 is 0 Å². The molecular formula is C19H22BrClN2O2. The average Bonchev–Trinajstić information content (AvgIpc) is 2.62. The van der Waals surface area contributed by atoms with E-state index in [1.165, 1.54) is 0 Å². The third-order valence-electron chi connectivity index (χ3n) is 4.32. The molecule has 25 heavy (non-hydrogen) atoms. The molecule has 0 aliphatic carbocycles. The van der Waals surface area contributed by atoms with Gasteiger partial charge in [0.15, 0.2) is 0 Å². The molecule has 0 radical (unpaired) electrons. The molecular weight excluding hydrogens is 404 g/mol. The molecule has 2 aromatic rings. The van der Waals surface area contributed by atoms with Gasteiger partial charge < -0.3 is 15.4 Å². The van der Waals surface area contributed by atoms with Gasteiger partial charge in [0.1, 0.15) is 12.1 Å². The Morgan fingerprint density at radius 1 is 1.20 bits per heavy atom. The second-order valence-corrected chi connectivity index (χ2v) is 7.00. The van der Waals surface area contributed by atoms with Crippen LogP contribution in [0, 0.1) is 6.92 Å². The molecule has 1 heterocycles. The molecule has 0 aromatic heterocycles. The summed E-state index contributed by atoms with van der Waals surface area (Å²) >= 11 is 3.43. The number of ether oxygens (including phenoxy) is 1. The first-order chi connectivity index (χ1) is 11.5. The zero-order valence-corrected chi connectivity index (χ0v) is 16.4. The van der Waals surface area contributed by atoms with Gasteiger partial charge in [-0.25, -0.2) is 0 Å². The molecule has 0 bridgehead atoms. The van der Waals surface area contributed by atoms with Crippen LogP contribution in [0.2, 0.25) is 0 Å². The summed E-state index contributed by atoms with van der Waals surface area (Å²) < 4.78 is 6.86. The molecule has 6 heteroatoms. The summed E-state index contributed by atoms with van der Waals surface area (Å²) in [4.78, 5) is 14.6. The minimum Gasteiger partial charge on any atom is -0.370 e.